The van der Waals surface area contributed by atoms with Gasteiger partial charge >= 0.3 is 0 Å². The predicted molar refractivity (Wildman–Crippen MR) is 49.5 cm³/mol. The Morgan fingerprint density at radius 3 is 2.92 bits per heavy atom. The Labute approximate surface area is 73.5 Å². The van der Waals surface area contributed by atoms with Crippen LogP contribution in [0.15, 0.2) is 12.2 Å². The number of carbonyl (C=O) groups is 1. The highest BCUT2D eigenvalue weighted by molar-refractivity contribution is 6.12. The molecule has 0 spiro atoms. The molecular weight excluding hydrogens is 153 g/mol. The molecule has 0 aromatic carbocycles. The zero-order chi connectivity index (χ0) is 9.14. The standard InChI is InChI=1S/C8H14BNO2/c1-10-6(2-4-7(9)11)3-5-8(10)12/h2,4,6-7,11H,3,5,9H2,1H3/b4-2+/t6-,7+/m0/s1. The maximum atomic E-state index is 11.1. The van der Waals surface area contributed by atoms with Crippen molar-refractivity contribution in [1.82, 2.24) is 4.90 Å². The van der Waals surface area contributed by atoms with Crippen LogP contribution in [0.25, 0.3) is 0 Å². The van der Waals surface area contributed by atoms with E-state index in [1.165, 1.54) is 0 Å². The molecule has 1 N–H and O–H groups in total. The van der Waals surface area contributed by atoms with E-state index in [-0.39, 0.29) is 11.9 Å². The van der Waals surface area contributed by atoms with Gasteiger partial charge in [-0.1, -0.05) is 12.2 Å². The number of hydrogen-bond donors (Lipinski definition) is 1. The second kappa shape index (κ2) is 3.76. The Hall–Kier alpha value is -0.765. The average Bonchev–Trinajstić information content (AvgIpc) is 2.30. The van der Waals surface area contributed by atoms with E-state index in [0.717, 1.165) is 6.42 Å². The molecule has 66 valence electrons. The van der Waals surface area contributed by atoms with Gasteiger partial charge in [-0.2, -0.15) is 0 Å². The molecule has 0 bridgehead atoms. The number of amides is 1. The van der Waals surface area contributed by atoms with Crippen LogP contribution >= 0.6 is 0 Å². The second-order valence-electron chi connectivity index (χ2n) is 3.24. The van der Waals surface area contributed by atoms with Gasteiger partial charge in [0.1, 0.15) is 7.85 Å². The maximum Gasteiger partial charge on any atom is 0.222 e. The summed E-state index contributed by atoms with van der Waals surface area (Å²) in [6.45, 7) is 0. The molecule has 12 heavy (non-hydrogen) atoms. The minimum atomic E-state index is -0.422. The molecule has 3 nitrogen and oxygen atoms in total. The third-order valence-corrected chi connectivity index (χ3v) is 2.16. The van der Waals surface area contributed by atoms with Crippen LogP contribution in [0, 0.1) is 0 Å². The van der Waals surface area contributed by atoms with Crippen molar-refractivity contribution in [3.05, 3.63) is 12.2 Å². The molecule has 0 aliphatic carbocycles. The summed E-state index contributed by atoms with van der Waals surface area (Å²) in [5, 5.41) is 8.97. The molecule has 1 aliphatic rings. The largest absolute Gasteiger partial charge is 0.398 e. The van der Waals surface area contributed by atoms with E-state index in [1.54, 1.807) is 25.9 Å². The molecule has 1 heterocycles. The Morgan fingerprint density at radius 2 is 2.50 bits per heavy atom. The van der Waals surface area contributed by atoms with Crippen molar-refractivity contribution in [2.75, 3.05) is 7.05 Å². The predicted octanol–water partition coefficient (Wildman–Crippen LogP) is -0.885. The minimum absolute atomic E-state index is 0.187. The molecular formula is C8H14BNO2. The topological polar surface area (TPSA) is 40.5 Å². The fourth-order valence-electron chi connectivity index (χ4n) is 1.34. The first-order valence-electron chi connectivity index (χ1n) is 4.23. The van der Waals surface area contributed by atoms with Crippen LogP contribution < -0.4 is 0 Å². The number of rotatable bonds is 2. The summed E-state index contributed by atoms with van der Waals surface area (Å²) in [6, 6.07) is -0.235. The summed E-state index contributed by atoms with van der Waals surface area (Å²) in [4.78, 5) is 12.8. The lowest BCUT2D eigenvalue weighted by Gasteiger charge is -2.15. The van der Waals surface area contributed by atoms with Crippen molar-refractivity contribution in [2.24, 2.45) is 0 Å². The van der Waals surface area contributed by atoms with Crippen LogP contribution in [-0.4, -0.2) is 42.9 Å². The number of likely N-dealkylation sites (N-methyl/N-ethyl adjacent to an activating group) is 1. The zero-order valence-corrected chi connectivity index (χ0v) is 7.53. The molecule has 0 saturated carbocycles. The van der Waals surface area contributed by atoms with E-state index in [1.807, 2.05) is 6.08 Å². The fraction of sp³-hybridized carbons (Fsp3) is 0.625. The highest BCUT2D eigenvalue weighted by Gasteiger charge is 2.24. The summed E-state index contributed by atoms with van der Waals surface area (Å²) in [5.74, 6) is 0.190. The van der Waals surface area contributed by atoms with Crippen LogP contribution in [0.5, 0.6) is 0 Å². The lowest BCUT2D eigenvalue weighted by atomic mass is 9.99. The van der Waals surface area contributed by atoms with Gasteiger partial charge in [-0.05, 0) is 6.42 Å². The van der Waals surface area contributed by atoms with Crippen molar-refractivity contribution in [2.45, 2.75) is 24.9 Å². The first-order chi connectivity index (χ1) is 5.61. The van der Waals surface area contributed by atoms with E-state index in [9.17, 15) is 4.79 Å². The van der Waals surface area contributed by atoms with Gasteiger partial charge in [0, 0.05) is 19.5 Å². The molecule has 0 aromatic heterocycles. The summed E-state index contributed by atoms with van der Waals surface area (Å²) in [6.07, 6.45) is 5.12. The highest BCUT2D eigenvalue weighted by atomic mass is 16.3. The van der Waals surface area contributed by atoms with Crippen LogP contribution in [-0.2, 0) is 4.79 Å². The van der Waals surface area contributed by atoms with Gasteiger partial charge in [0.05, 0.1) is 6.04 Å². The van der Waals surface area contributed by atoms with Crippen molar-refractivity contribution in [3.8, 4) is 0 Å². The van der Waals surface area contributed by atoms with Gasteiger partial charge < -0.3 is 10.0 Å². The van der Waals surface area contributed by atoms with Crippen LogP contribution in [0.2, 0.25) is 0 Å². The normalized spacial score (nSPS) is 27.0. The lowest BCUT2D eigenvalue weighted by Crippen LogP contribution is -2.27. The molecule has 0 unspecified atom stereocenters. The molecule has 0 aromatic rings. The molecule has 2 atom stereocenters. The number of carbonyl (C=O) groups excluding carboxylic acids is 1. The lowest BCUT2D eigenvalue weighted by molar-refractivity contribution is -0.127. The van der Waals surface area contributed by atoms with Crippen molar-refractivity contribution >= 4 is 13.8 Å². The van der Waals surface area contributed by atoms with Gasteiger partial charge in [0.25, 0.3) is 0 Å². The second-order valence-corrected chi connectivity index (χ2v) is 3.24. The minimum Gasteiger partial charge on any atom is -0.398 e. The molecule has 1 saturated heterocycles. The first kappa shape index (κ1) is 9.32. The third-order valence-electron chi connectivity index (χ3n) is 2.16. The molecule has 1 aliphatic heterocycles. The number of hydrogen-bond acceptors (Lipinski definition) is 2. The SMILES string of the molecule is B[C@H](O)/C=C/[C@H]1CCC(=O)N1C. The van der Waals surface area contributed by atoms with E-state index in [2.05, 4.69) is 0 Å². The molecule has 1 fully saturated rings. The Bertz CT molecular complexity index is 203. The summed E-state index contributed by atoms with van der Waals surface area (Å²) in [5.41, 5.74) is 0. The van der Waals surface area contributed by atoms with E-state index >= 15 is 0 Å². The summed E-state index contributed by atoms with van der Waals surface area (Å²) >= 11 is 0. The van der Waals surface area contributed by atoms with Crippen LogP contribution in [0.3, 0.4) is 0 Å². The highest BCUT2D eigenvalue weighted by Crippen LogP contribution is 2.17. The number of nitrogens with zero attached hydrogens (tertiary/aromatic N) is 1. The van der Waals surface area contributed by atoms with Crippen molar-refractivity contribution in [1.29, 1.82) is 0 Å². The number of aliphatic hydroxyl groups excluding tert-OH is 1. The first-order valence-corrected chi connectivity index (χ1v) is 4.23. The summed E-state index contributed by atoms with van der Waals surface area (Å²) in [7, 11) is 3.50. The van der Waals surface area contributed by atoms with Crippen molar-refractivity contribution < 1.29 is 9.90 Å². The summed E-state index contributed by atoms with van der Waals surface area (Å²) < 4.78 is 0. The van der Waals surface area contributed by atoms with Gasteiger partial charge in [-0.15, -0.1) is 0 Å². The maximum absolute atomic E-state index is 11.1. The van der Waals surface area contributed by atoms with Gasteiger partial charge in [0.2, 0.25) is 5.91 Å². The van der Waals surface area contributed by atoms with Crippen molar-refractivity contribution in [3.63, 3.8) is 0 Å². The Balaban J connectivity index is 2.49. The smallest absolute Gasteiger partial charge is 0.222 e. The number of likely N-dealkylation sites (tertiary alicyclic amines) is 1. The average molecular weight is 167 g/mol. The quantitative estimate of drug-likeness (QED) is 0.428. The monoisotopic (exact) mass is 167 g/mol. The van der Waals surface area contributed by atoms with Gasteiger partial charge in [0.15, 0.2) is 0 Å². The van der Waals surface area contributed by atoms with E-state index < -0.39 is 6.00 Å². The molecule has 1 rings (SSSR count). The molecule has 4 heteroatoms. The fourth-order valence-corrected chi connectivity index (χ4v) is 1.34. The van der Waals surface area contributed by atoms with Gasteiger partial charge in [-0.25, -0.2) is 0 Å². The third kappa shape index (κ3) is 2.11. The zero-order valence-electron chi connectivity index (χ0n) is 7.53. The Kier molecular flexibility index (Phi) is 2.92. The molecule has 1 amide bonds. The number of aliphatic hydroxyl groups is 1. The van der Waals surface area contributed by atoms with Crippen LogP contribution in [0.4, 0.5) is 0 Å². The Morgan fingerprint density at radius 1 is 1.83 bits per heavy atom. The van der Waals surface area contributed by atoms with Gasteiger partial charge in [-0.3, -0.25) is 4.79 Å². The van der Waals surface area contributed by atoms with E-state index in [0.29, 0.717) is 6.42 Å². The van der Waals surface area contributed by atoms with Crippen LogP contribution in [0.1, 0.15) is 12.8 Å². The molecule has 0 radical (unpaired) electrons. The van der Waals surface area contributed by atoms with E-state index in [4.69, 9.17) is 5.11 Å².